The minimum atomic E-state index is -1.05. The second-order valence-electron chi connectivity index (χ2n) is 10.5. The average Bonchev–Trinajstić information content (AvgIpc) is 3.08. The molecule has 0 radical (unpaired) electrons. The van der Waals surface area contributed by atoms with Crippen LogP contribution >= 0.6 is 0 Å². The van der Waals surface area contributed by atoms with Crippen LogP contribution in [0.5, 0.6) is 5.75 Å². The van der Waals surface area contributed by atoms with Gasteiger partial charge in [-0.15, -0.1) is 0 Å². The molecule has 2 aromatic rings. The third kappa shape index (κ3) is 4.59. The van der Waals surface area contributed by atoms with Crippen molar-refractivity contribution in [3.63, 3.8) is 0 Å². The van der Waals surface area contributed by atoms with Crippen molar-refractivity contribution in [3.8, 4) is 5.75 Å². The van der Waals surface area contributed by atoms with Gasteiger partial charge in [-0.1, -0.05) is 6.58 Å². The molecule has 6 rings (SSSR count). The molecule has 0 aliphatic carbocycles. The molecule has 4 aliphatic rings. The number of halogens is 1. The van der Waals surface area contributed by atoms with Crippen molar-refractivity contribution >= 4 is 17.4 Å². The van der Waals surface area contributed by atoms with Gasteiger partial charge in [-0.05, 0) is 55.9 Å². The van der Waals surface area contributed by atoms with Crippen molar-refractivity contribution in [1.29, 1.82) is 0 Å². The Kier molecular flexibility index (Phi) is 6.58. The third-order valence-corrected chi connectivity index (χ3v) is 8.32. The molecule has 196 valence electrons. The summed E-state index contributed by atoms with van der Waals surface area (Å²) in [5, 5.41) is 3.54. The van der Waals surface area contributed by atoms with Crippen LogP contribution in [0.15, 0.2) is 31.0 Å². The Morgan fingerprint density at radius 3 is 2.78 bits per heavy atom. The first-order valence-corrected chi connectivity index (χ1v) is 13.3. The van der Waals surface area contributed by atoms with Crippen LogP contribution in [0.3, 0.4) is 0 Å². The van der Waals surface area contributed by atoms with Gasteiger partial charge >= 0.3 is 0 Å². The molecular weight excluding hydrogens is 473 g/mol. The zero-order valence-corrected chi connectivity index (χ0v) is 21.3. The van der Waals surface area contributed by atoms with Crippen molar-refractivity contribution in [2.75, 3.05) is 44.7 Å². The summed E-state index contributed by atoms with van der Waals surface area (Å²) in [6.45, 7) is 9.75. The van der Waals surface area contributed by atoms with Crippen molar-refractivity contribution in [3.05, 3.63) is 53.5 Å². The fourth-order valence-corrected chi connectivity index (χ4v) is 6.20. The summed E-state index contributed by atoms with van der Waals surface area (Å²) in [7, 11) is 0. The Morgan fingerprint density at radius 2 is 2.03 bits per heavy atom. The Morgan fingerprint density at radius 1 is 1.22 bits per heavy atom. The van der Waals surface area contributed by atoms with Crippen molar-refractivity contribution in [2.24, 2.45) is 0 Å². The van der Waals surface area contributed by atoms with Gasteiger partial charge in [-0.2, -0.15) is 0 Å². The van der Waals surface area contributed by atoms with Gasteiger partial charge in [0.05, 0.1) is 17.9 Å². The number of nitrogens with one attached hydrogen (secondary N) is 1. The maximum atomic E-state index is 14.9. The number of rotatable bonds is 4. The van der Waals surface area contributed by atoms with Gasteiger partial charge in [-0.25, -0.2) is 9.37 Å². The van der Waals surface area contributed by atoms with Crippen LogP contribution in [-0.2, 0) is 16.1 Å². The molecule has 4 aliphatic heterocycles. The molecule has 37 heavy (non-hydrogen) atoms. The number of alkyl halides is 1. The number of fused-ring (bicyclic) bond motifs is 2. The van der Waals surface area contributed by atoms with Crippen molar-refractivity contribution < 1.29 is 18.7 Å². The summed E-state index contributed by atoms with van der Waals surface area (Å²) in [4.78, 5) is 25.1. The lowest BCUT2D eigenvalue weighted by Crippen LogP contribution is -2.59. The summed E-state index contributed by atoms with van der Waals surface area (Å²) in [6, 6.07) is 4.03. The Balaban J connectivity index is 1.16. The van der Waals surface area contributed by atoms with Gasteiger partial charge in [0.2, 0.25) is 5.91 Å². The molecule has 0 spiro atoms. The lowest BCUT2D eigenvalue weighted by molar-refractivity contribution is -0.130. The van der Waals surface area contributed by atoms with E-state index in [0.717, 1.165) is 73.4 Å². The predicted molar refractivity (Wildman–Crippen MR) is 138 cm³/mol. The van der Waals surface area contributed by atoms with Gasteiger partial charge < -0.3 is 19.7 Å². The number of hydrogen-bond acceptors (Lipinski definition) is 7. The third-order valence-electron chi connectivity index (χ3n) is 8.32. The minimum absolute atomic E-state index is 0.135. The molecular formula is C28H34FN5O3. The number of anilines is 2. The van der Waals surface area contributed by atoms with E-state index in [0.29, 0.717) is 25.5 Å². The van der Waals surface area contributed by atoms with Crippen LogP contribution in [0.1, 0.15) is 53.6 Å². The molecule has 2 atom stereocenters. The Hall–Kier alpha value is -3.04. The van der Waals surface area contributed by atoms with Crippen LogP contribution in [0, 0.1) is 6.92 Å². The fourth-order valence-electron chi connectivity index (χ4n) is 6.20. The van der Waals surface area contributed by atoms with Crippen LogP contribution < -0.4 is 10.1 Å². The summed E-state index contributed by atoms with van der Waals surface area (Å²) in [5.41, 5.74) is 5.11. The number of carbonyl (C=O) groups excluding carboxylic acids is 1. The van der Waals surface area contributed by atoms with Gasteiger partial charge in [0.15, 0.2) is 5.75 Å². The number of carbonyl (C=O) groups is 1. The second kappa shape index (κ2) is 10.0. The first-order chi connectivity index (χ1) is 18.0. The van der Waals surface area contributed by atoms with Crippen LogP contribution in [-0.4, -0.2) is 77.3 Å². The number of piperidine rings is 1. The number of aromatic nitrogens is 2. The van der Waals surface area contributed by atoms with E-state index >= 15 is 0 Å². The van der Waals surface area contributed by atoms with E-state index in [-0.39, 0.29) is 24.4 Å². The maximum absolute atomic E-state index is 14.9. The topological polar surface area (TPSA) is 79.8 Å². The van der Waals surface area contributed by atoms with Gasteiger partial charge in [0.25, 0.3) is 0 Å². The predicted octanol–water partition coefficient (Wildman–Crippen LogP) is 3.84. The molecule has 1 N–H and O–H groups in total. The highest BCUT2D eigenvalue weighted by Gasteiger charge is 2.41. The fraction of sp³-hybridized carbons (Fsp3) is 0.536. The maximum Gasteiger partial charge on any atom is 0.246 e. The standard InChI is InChI=1S/C28H34FN5O3/c1-3-26(35)33-9-5-25(22(29)15-33)34-13-19(14-34)23-12-24-27(17(2)31-23)37-16-21-20(4-8-30-28(21)32-24)18-6-10-36-11-7-18/h3-4,8,12,18-19,22,25H,1,5-7,9-11,13-16H2,2H3,(H,30,32)/t22-,25+/m1/s1. The first kappa shape index (κ1) is 24.3. The SMILES string of the molecule is C=CC(=O)N1CC[C@H](N2CC(c3cc4c(c(C)n3)OCc3c(C5CCOCC5)ccnc3N4)C2)[C@H](F)C1. The number of pyridine rings is 2. The number of aryl methyl sites for hydroxylation is 1. The highest BCUT2D eigenvalue weighted by molar-refractivity contribution is 5.87. The zero-order chi connectivity index (χ0) is 25.5. The molecule has 3 fully saturated rings. The van der Waals surface area contributed by atoms with E-state index in [1.165, 1.54) is 11.6 Å². The van der Waals surface area contributed by atoms with E-state index in [2.05, 4.69) is 33.9 Å². The van der Waals surface area contributed by atoms with E-state index < -0.39 is 6.17 Å². The van der Waals surface area contributed by atoms with Crippen LogP contribution in [0.2, 0.25) is 0 Å². The second-order valence-corrected chi connectivity index (χ2v) is 10.5. The highest BCUT2D eigenvalue weighted by Crippen LogP contribution is 2.41. The molecule has 0 unspecified atom stereocenters. The van der Waals surface area contributed by atoms with Gasteiger partial charge in [-0.3, -0.25) is 14.7 Å². The quantitative estimate of drug-likeness (QED) is 0.630. The number of amides is 1. The van der Waals surface area contributed by atoms with E-state index in [4.69, 9.17) is 14.5 Å². The molecule has 0 saturated carbocycles. The van der Waals surface area contributed by atoms with Crippen molar-refractivity contribution in [1.82, 2.24) is 19.8 Å². The minimum Gasteiger partial charge on any atom is -0.485 e. The lowest BCUT2D eigenvalue weighted by atomic mass is 9.89. The molecule has 3 saturated heterocycles. The molecule has 9 heteroatoms. The number of ether oxygens (including phenoxy) is 2. The molecule has 2 aromatic heterocycles. The summed E-state index contributed by atoms with van der Waals surface area (Å²) in [6.07, 6.45) is 4.74. The van der Waals surface area contributed by atoms with Gasteiger partial charge in [0.1, 0.15) is 18.6 Å². The summed E-state index contributed by atoms with van der Waals surface area (Å²) < 4.78 is 26.8. The van der Waals surface area contributed by atoms with Crippen LogP contribution in [0.25, 0.3) is 0 Å². The largest absolute Gasteiger partial charge is 0.485 e. The normalized spacial score (nSPS) is 24.6. The number of likely N-dealkylation sites (tertiary alicyclic amines) is 2. The molecule has 6 heterocycles. The lowest BCUT2D eigenvalue weighted by Gasteiger charge is -2.48. The molecule has 0 aromatic carbocycles. The smallest absolute Gasteiger partial charge is 0.246 e. The van der Waals surface area contributed by atoms with E-state index in [9.17, 15) is 9.18 Å². The first-order valence-electron chi connectivity index (χ1n) is 13.3. The molecule has 0 bridgehead atoms. The van der Waals surface area contributed by atoms with Gasteiger partial charge in [0, 0.05) is 62.3 Å². The molecule has 8 nitrogen and oxygen atoms in total. The van der Waals surface area contributed by atoms with E-state index in [1.54, 1.807) is 4.90 Å². The Labute approximate surface area is 216 Å². The highest BCUT2D eigenvalue weighted by atomic mass is 19.1. The average molecular weight is 508 g/mol. The number of hydrogen-bond donors (Lipinski definition) is 1. The summed E-state index contributed by atoms with van der Waals surface area (Å²) in [5.74, 6) is 2.09. The zero-order valence-electron chi connectivity index (χ0n) is 21.3. The Bertz CT molecular complexity index is 1190. The van der Waals surface area contributed by atoms with E-state index in [1.807, 2.05) is 13.1 Å². The summed E-state index contributed by atoms with van der Waals surface area (Å²) >= 11 is 0. The van der Waals surface area contributed by atoms with Crippen LogP contribution in [0.4, 0.5) is 15.9 Å². The number of nitrogens with zero attached hydrogens (tertiary/aromatic N) is 4. The monoisotopic (exact) mass is 507 g/mol. The van der Waals surface area contributed by atoms with Crippen molar-refractivity contribution in [2.45, 2.75) is 56.8 Å². The molecule has 1 amide bonds.